The van der Waals surface area contributed by atoms with E-state index in [4.69, 9.17) is 44.5 Å². The van der Waals surface area contributed by atoms with Crippen LogP contribution in [0.3, 0.4) is 0 Å². The lowest BCUT2D eigenvalue weighted by molar-refractivity contribution is -0.0581. The largest absolute Gasteiger partial charge is 0.481 e. The molecule has 0 bridgehead atoms. The van der Waals surface area contributed by atoms with Crippen LogP contribution >= 0.6 is 15.4 Å². The minimum atomic E-state index is -4.73. The lowest BCUT2D eigenvalue weighted by Crippen LogP contribution is -2.34. The third-order valence-electron chi connectivity index (χ3n) is 7.90. The molecule has 26 heteroatoms. The topological polar surface area (TPSA) is 359 Å². The second-order valence-electron chi connectivity index (χ2n) is 12.0. The van der Waals surface area contributed by atoms with Gasteiger partial charge >= 0.3 is 15.4 Å². The average molecular weight is 829 g/mol. The molecule has 4 heterocycles. The van der Waals surface area contributed by atoms with Gasteiger partial charge in [0.05, 0.1) is 19.8 Å². The summed E-state index contributed by atoms with van der Waals surface area (Å²) in [7, 11) is -8.57. The summed E-state index contributed by atoms with van der Waals surface area (Å²) in [4.78, 5) is 46.6. The highest BCUT2D eigenvalue weighted by atomic mass is 31.2. The smallest absolute Gasteiger partial charge is 0.469 e. The van der Waals surface area contributed by atoms with Crippen LogP contribution in [-0.2, 0) is 38.8 Å². The molecular weight excluding hydrogens is 790 g/mol. The van der Waals surface area contributed by atoms with Crippen LogP contribution in [0.15, 0.2) is 73.3 Å². The summed E-state index contributed by atoms with van der Waals surface area (Å²) in [5.74, 6) is -1.85. The van der Waals surface area contributed by atoms with E-state index >= 15 is 0 Å². The molecule has 10 N–H and O–H groups in total. The number of rotatable bonds is 16. The molecule has 0 spiro atoms. The van der Waals surface area contributed by atoms with Crippen molar-refractivity contribution < 1.29 is 76.7 Å². The lowest BCUT2D eigenvalue weighted by Gasteiger charge is -2.22. The number of hydrogen-bond acceptors (Lipinski definition) is 18. The van der Waals surface area contributed by atoms with Gasteiger partial charge in [-0.2, -0.15) is 0 Å². The number of nitrogens with zero attached hydrogens (tertiary/aromatic N) is 6. The number of aromatic nitrogens is 6. The van der Waals surface area contributed by atoms with Gasteiger partial charge in [0.25, 0.3) is 11.8 Å². The van der Waals surface area contributed by atoms with Crippen molar-refractivity contribution >= 4 is 27.2 Å². The Morgan fingerprint density at radius 1 is 0.696 bits per heavy atom. The third-order valence-corrected chi connectivity index (χ3v) is 9.90. The SMILES string of the molecule is NC(=O)c1ncn([C@@H]2O[C@H](COP(=O)(COc3ccccc3)OCc3ccccc3)C(O)[C@H]2O)n1.NC(=O)c1ncn([C@@H]2O[C@H](COP(=O)(O)O)C(O)[C@H]2O)n1. The Morgan fingerprint density at radius 2 is 1.16 bits per heavy atom. The molecule has 304 valence electrons. The minimum absolute atomic E-state index is 0.00441. The number of phosphoric acid groups is 1. The van der Waals surface area contributed by atoms with Crippen LogP contribution in [0, 0.1) is 0 Å². The predicted molar refractivity (Wildman–Crippen MR) is 184 cm³/mol. The monoisotopic (exact) mass is 828 g/mol. The Bertz CT molecular complexity index is 1960. The van der Waals surface area contributed by atoms with Crippen LogP contribution in [0.5, 0.6) is 5.75 Å². The lowest BCUT2D eigenvalue weighted by atomic mass is 10.1. The van der Waals surface area contributed by atoms with Crippen molar-refractivity contribution in [2.24, 2.45) is 11.5 Å². The Hall–Kier alpha value is -4.52. The fourth-order valence-corrected chi connectivity index (χ4v) is 6.67. The summed E-state index contributed by atoms with van der Waals surface area (Å²) >= 11 is 0. The van der Waals surface area contributed by atoms with Crippen molar-refractivity contribution in [1.82, 2.24) is 29.5 Å². The number of phosphoric ester groups is 1. The maximum atomic E-state index is 13.5. The quantitative estimate of drug-likeness (QED) is 0.0600. The number of carbonyl (C=O) groups is 2. The molecule has 0 saturated carbocycles. The maximum absolute atomic E-state index is 13.5. The van der Waals surface area contributed by atoms with Crippen molar-refractivity contribution in [2.45, 2.75) is 55.7 Å². The molecule has 24 nitrogen and oxygen atoms in total. The highest BCUT2D eigenvalue weighted by Crippen LogP contribution is 2.50. The standard InChI is InChI=1S/C22H25N4O8P.C8H13N4O8P/c23-20(29)21-24-13-26(25-21)22-19(28)18(27)17(34-22)12-33-35(30,14-31-16-9-5-2-6-10-16)32-11-15-7-3-1-4-8-15;9-6(15)7-10-2-12(11-7)8-5(14)4(13)3(20-8)1-19-21(16,17)18/h1-10,13,17-19,22,27-28H,11-12,14H2,(H2,23,29);2-5,8,13-14H,1H2,(H2,9,15)(H2,16,17,18)/t17-,18?,19-,22-,35?;3-,4?,5-,8-/m11/s1. The van der Waals surface area contributed by atoms with Gasteiger partial charge in [-0.3, -0.25) is 18.7 Å². The first kappa shape index (κ1) is 42.6. The molecule has 0 aliphatic carbocycles. The molecular formula is C30H38N8O16P2. The summed E-state index contributed by atoms with van der Waals surface area (Å²) in [6.45, 7) is -1.02. The van der Waals surface area contributed by atoms with E-state index in [2.05, 4.69) is 24.7 Å². The molecule has 0 radical (unpaired) electrons. The van der Waals surface area contributed by atoms with Gasteiger partial charge in [-0.1, -0.05) is 48.5 Å². The van der Waals surface area contributed by atoms with Gasteiger partial charge in [0.1, 0.15) is 55.0 Å². The van der Waals surface area contributed by atoms with Gasteiger partial charge < -0.3 is 64.9 Å². The van der Waals surface area contributed by atoms with Crippen LogP contribution in [-0.4, -0.2) is 128 Å². The van der Waals surface area contributed by atoms with E-state index in [1.807, 2.05) is 36.4 Å². The molecule has 9 atom stereocenters. The summed E-state index contributed by atoms with van der Waals surface area (Å²) < 4.78 is 58.0. The maximum Gasteiger partial charge on any atom is 0.469 e. The molecule has 56 heavy (non-hydrogen) atoms. The van der Waals surface area contributed by atoms with Gasteiger partial charge in [-0.05, 0) is 17.7 Å². The first-order chi connectivity index (χ1) is 26.5. The zero-order valence-corrected chi connectivity index (χ0v) is 30.7. The van der Waals surface area contributed by atoms with Crippen molar-refractivity contribution in [3.63, 3.8) is 0 Å². The number of nitrogens with two attached hydrogens (primary N) is 2. The number of amides is 2. The molecule has 2 saturated heterocycles. The van der Waals surface area contributed by atoms with Crippen LogP contribution in [0.25, 0.3) is 0 Å². The highest BCUT2D eigenvalue weighted by Gasteiger charge is 2.46. The average Bonchev–Trinajstić information content (AvgIpc) is 3.97. The van der Waals surface area contributed by atoms with Crippen LogP contribution in [0.4, 0.5) is 0 Å². The normalized spacial score (nSPS) is 25.9. The predicted octanol–water partition coefficient (Wildman–Crippen LogP) is -1.44. The number of para-hydroxylation sites is 1. The van der Waals surface area contributed by atoms with E-state index in [9.17, 15) is 39.1 Å². The third kappa shape index (κ3) is 11.3. The van der Waals surface area contributed by atoms with Crippen molar-refractivity contribution in [1.29, 1.82) is 0 Å². The van der Waals surface area contributed by atoms with Crippen LogP contribution < -0.4 is 16.2 Å². The fraction of sp³-hybridized carbons (Fsp3) is 0.400. The number of benzene rings is 2. The summed E-state index contributed by atoms with van der Waals surface area (Å²) in [5.41, 5.74) is 10.9. The molecule has 2 fully saturated rings. The van der Waals surface area contributed by atoms with E-state index in [1.165, 1.54) is 0 Å². The van der Waals surface area contributed by atoms with Gasteiger partial charge in [-0.25, -0.2) is 23.9 Å². The summed E-state index contributed by atoms with van der Waals surface area (Å²) in [6, 6.07) is 17.9. The number of hydrogen-bond donors (Lipinski definition) is 8. The summed E-state index contributed by atoms with van der Waals surface area (Å²) in [6.07, 6.45) is -8.58. The van der Waals surface area contributed by atoms with Gasteiger partial charge in [-0.15, -0.1) is 10.2 Å². The van der Waals surface area contributed by atoms with Crippen LogP contribution in [0.2, 0.25) is 0 Å². The Labute approximate surface area is 316 Å². The van der Waals surface area contributed by atoms with Crippen molar-refractivity contribution in [3.05, 3.63) is 90.5 Å². The molecule has 2 amide bonds. The zero-order chi connectivity index (χ0) is 40.6. The zero-order valence-electron chi connectivity index (χ0n) is 28.9. The van der Waals surface area contributed by atoms with Gasteiger partial charge in [0, 0.05) is 0 Å². The van der Waals surface area contributed by atoms with Crippen LogP contribution in [0.1, 0.15) is 39.3 Å². The van der Waals surface area contributed by atoms with E-state index in [0.29, 0.717) is 5.75 Å². The van der Waals surface area contributed by atoms with E-state index < -0.39 is 82.9 Å². The summed E-state index contributed by atoms with van der Waals surface area (Å²) in [5, 5.41) is 47.9. The minimum Gasteiger partial charge on any atom is -0.481 e. The second kappa shape index (κ2) is 18.6. The Morgan fingerprint density at radius 3 is 1.61 bits per heavy atom. The molecule has 2 aromatic carbocycles. The van der Waals surface area contributed by atoms with Crippen molar-refractivity contribution in [2.75, 3.05) is 19.6 Å². The molecule has 4 aromatic rings. The Balaban J connectivity index is 0.000000244. The highest BCUT2D eigenvalue weighted by molar-refractivity contribution is 7.53. The fourth-order valence-electron chi connectivity index (χ4n) is 5.08. The first-order valence-electron chi connectivity index (χ1n) is 16.3. The number of aliphatic hydroxyl groups is 4. The van der Waals surface area contributed by atoms with E-state index in [1.54, 1.807) is 24.3 Å². The second-order valence-corrected chi connectivity index (χ2v) is 15.2. The van der Waals surface area contributed by atoms with E-state index in [0.717, 1.165) is 27.6 Å². The van der Waals surface area contributed by atoms with E-state index in [-0.39, 0.29) is 31.2 Å². The number of primary amides is 2. The molecule has 6 rings (SSSR count). The number of aliphatic hydroxyl groups excluding tert-OH is 4. The molecule has 2 aliphatic rings. The van der Waals surface area contributed by atoms with Crippen molar-refractivity contribution in [3.8, 4) is 5.75 Å². The van der Waals surface area contributed by atoms with Gasteiger partial charge in [0.15, 0.2) is 18.8 Å². The molecule has 2 aromatic heterocycles. The van der Waals surface area contributed by atoms with Gasteiger partial charge in [0.2, 0.25) is 11.6 Å². The molecule has 2 aliphatic heterocycles. The molecule has 3 unspecified atom stereocenters. The number of carbonyl (C=O) groups excluding carboxylic acids is 2. The Kier molecular flexibility index (Phi) is 14.2. The number of ether oxygens (including phenoxy) is 3. The first-order valence-corrected chi connectivity index (χ1v) is 19.5.